The maximum absolute atomic E-state index is 5.51. The molecule has 1 aliphatic carbocycles. The van der Waals surface area contributed by atoms with Gasteiger partial charge in [0.15, 0.2) is 5.58 Å². The number of nitrogens with zero attached hydrogens (tertiary/aromatic N) is 2. The highest BCUT2D eigenvalue weighted by molar-refractivity contribution is 5.96. The second-order valence-electron chi connectivity index (χ2n) is 5.18. The summed E-state index contributed by atoms with van der Waals surface area (Å²) in [6, 6.07) is 19.7. The van der Waals surface area contributed by atoms with E-state index in [2.05, 4.69) is 11.2 Å². The fourth-order valence-electron chi connectivity index (χ4n) is 2.65. The highest BCUT2D eigenvalue weighted by Gasteiger charge is 2.14. The molecule has 1 aliphatic heterocycles. The molecule has 4 N–H and O–H groups in total. The Morgan fingerprint density at radius 1 is 0.864 bits per heavy atom. The molecule has 0 saturated carbocycles. The second kappa shape index (κ2) is 4.84. The van der Waals surface area contributed by atoms with E-state index in [4.69, 9.17) is 16.2 Å². The summed E-state index contributed by atoms with van der Waals surface area (Å²) in [5.41, 5.74) is 5.62. The van der Waals surface area contributed by atoms with Crippen LogP contribution in [0.3, 0.4) is 0 Å². The fourth-order valence-corrected chi connectivity index (χ4v) is 2.65. The number of anilines is 1. The van der Waals surface area contributed by atoms with Crippen molar-refractivity contribution in [3.05, 3.63) is 60.7 Å². The van der Waals surface area contributed by atoms with Crippen LogP contribution in [0.2, 0.25) is 0 Å². The number of hydrogen-bond acceptors (Lipinski definition) is 5. The van der Waals surface area contributed by atoms with Crippen molar-refractivity contribution in [2.24, 2.45) is 11.7 Å². The van der Waals surface area contributed by atoms with Crippen LogP contribution in [-0.4, -0.2) is 5.16 Å². The lowest BCUT2D eigenvalue weighted by Crippen LogP contribution is -2.37. The van der Waals surface area contributed by atoms with Gasteiger partial charge in [-0.15, -0.1) is 0 Å². The Labute approximate surface area is 127 Å². The second-order valence-corrected chi connectivity index (χ2v) is 5.18. The van der Waals surface area contributed by atoms with Crippen molar-refractivity contribution in [2.45, 2.75) is 0 Å². The third-order valence-corrected chi connectivity index (χ3v) is 3.79. The van der Waals surface area contributed by atoms with Gasteiger partial charge in [0.25, 0.3) is 0 Å². The molecule has 2 aliphatic rings. The average Bonchev–Trinajstić information content (AvgIpc) is 2.99. The Kier molecular flexibility index (Phi) is 2.82. The first-order valence-electron chi connectivity index (χ1n) is 6.90. The molecule has 0 atom stereocenters. The molecule has 0 radical (unpaired) electrons. The van der Waals surface area contributed by atoms with E-state index >= 15 is 0 Å². The van der Waals surface area contributed by atoms with Crippen LogP contribution in [0.25, 0.3) is 33.4 Å². The molecule has 1 heterocycles. The Balaban J connectivity index is 1.86. The van der Waals surface area contributed by atoms with Crippen molar-refractivity contribution in [3.8, 4) is 22.4 Å². The Morgan fingerprint density at radius 3 is 2.41 bits per heavy atom. The summed E-state index contributed by atoms with van der Waals surface area (Å²) in [6.45, 7) is 0. The molecule has 2 aromatic carbocycles. The lowest BCUT2D eigenvalue weighted by atomic mass is 10.1. The molecule has 108 valence electrons. The van der Waals surface area contributed by atoms with E-state index in [0.717, 1.165) is 44.2 Å². The first-order chi connectivity index (χ1) is 10.7. The topological polar surface area (TPSA) is 81.3 Å². The van der Waals surface area contributed by atoms with E-state index in [0.29, 0.717) is 0 Å². The van der Waals surface area contributed by atoms with E-state index in [1.807, 2.05) is 54.6 Å². The fraction of sp³-hybridized carbons (Fsp3) is 0. The number of fused-ring (bicyclic) bond motifs is 3. The van der Waals surface area contributed by atoms with Gasteiger partial charge in [-0.25, -0.2) is 16.8 Å². The molecular weight excluding hydrogens is 276 g/mol. The third kappa shape index (κ3) is 2.00. The van der Waals surface area contributed by atoms with Gasteiger partial charge in [0.05, 0.1) is 5.69 Å². The lowest BCUT2D eigenvalue weighted by Gasteiger charge is -2.11. The van der Waals surface area contributed by atoms with Crippen molar-refractivity contribution in [1.82, 2.24) is 5.16 Å². The van der Waals surface area contributed by atoms with Gasteiger partial charge in [-0.2, -0.15) is 0 Å². The molecule has 0 aromatic heterocycles. The molecule has 0 fully saturated rings. The summed E-state index contributed by atoms with van der Waals surface area (Å²) >= 11 is 0. The Morgan fingerprint density at radius 2 is 1.64 bits per heavy atom. The lowest BCUT2D eigenvalue weighted by molar-refractivity contribution is 0.446. The van der Waals surface area contributed by atoms with Gasteiger partial charge in [-0.3, -0.25) is 0 Å². The molecule has 5 nitrogen and oxygen atoms in total. The third-order valence-electron chi connectivity index (χ3n) is 3.79. The van der Waals surface area contributed by atoms with Crippen LogP contribution in [0.1, 0.15) is 0 Å². The SMILES string of the molecule is NN(N)c1ccc(-c2cc3noc4ccccc4c-3c2)cc1. The highest BCUT2D eigenvalue weighted by Crippen LogP contribution is 2.36. The molecular formula is C17H14N4O. The largest absolute Gasteiger partial charge is 0.356 e. The van der Waals surface area contributed by atoms with Crippen molar-refractivity contribution in [3.63, 3.8) is 0 Å². The zero-order valence-corrected chi connectivity index (χ0v) is 11.7. The standard InChI is InChI=1S/C17H14N4O/c18-21(19)13-7-5-11(6-8-13)12-9-15-14-3-1-2-4-17(14)22-20-16(15)10-12/h1-10H,18-19H2. The smallest absolute Gasteiger partial charge is 0.165 e. The number of rotatable bonds is 2. The quantitative estimate of drug-likeness (QED) is 0.438. The molecule has 4 rings (SSSR count). The van der Waals surface area contributed by atoms with Gasteiger partial charge in [0.2, 0.25) is 0 Å². The maximum atomic E-state index is 5.51. The molecule has 0 amide bonds. The molecule has 0 bridgehead atoms. The van der Waals surface area contributed by atoms with Crippen LogP contribution >= 0.6 is 0 Å². The highest BCUT2D eigenvalue weighted by atomic mass is 16.5. The average molecular weight is 290 g/mol. The summed E-state index contributed by atoms with van der Waals surface area (Å²) in [7, 11) is 0. The van der Waals surface area contributed by atoms with Crippen LogP contribution in [0.4, 0.5) is 5.69 Å². The Bertz CT molecular complexity index is 912. The molecule has 0 unspecified atom stereocenters. The summed E-state index contributed by atoms with van der Waals surface area (Å²) in [5.74, 6) is 11.0. The van der Waals surface area contributed by atoms with Crippen LogP contribution in [-0.2, 0) is 0 Å². The molecule has 22 heavy (non-hydrogen) atoms. The summed E-state index contributed by atoms with van der Waals surface area (Å²) < 4.78 is 5.43. The summed E-state index contributed by atoms with van der Waals surface area (Å²) in [4.78, 5) is 0. The van der Waals surface area contributed by atoms with Gasteiger partial charge in [-0.05, 0) is 41.5 Å². The van der Waals surface area contributed by atoms with E-state index in [1.165, 1.54) is 0 Å². The van der Waals surface area contributed by atoms with Crippen LogP contribution in [0.5, 0.6) is 0 Å². The molecule has 0 saturated heterocycles. The normalized spacial score (nSPS) is 11.2. The maximum Gasteiger partial charge on any atom is 0.165 e. The van der Waals surface area contributed by atoms with Crippen molar-refractivity contribution < 1.29 is 4.52 Å². The molecule has 5 heteroatoms. The molecule has 0 spiro atoms. The van der Waals surface area contributed by atoms with Crippen LogP contribution in [0, 0.1) is 0 Å². The number of benzene rings is 2. The first-order valence-corrected chi connectivity index (χ1v) is 6.90. The van der Waals surface area contributed by atoms with Gasteiger partial charge in [0.1, 0.15) is 5.69 Å². The molecule has 2 aromatic rings. The minimum Gasteiger partial charge on any atom is -0.356 e. The van der Waals surface area contributed by atoms with E-state index < -0.39 is 0 Å². The summed E-state index contributed by atoms with van der Waals surface area (Å²) in [6.07, 6.45) is 0. The number of hydrogen-bond donors (Lipinski definition) is 2. The predicted octanol–water partition coefficient (Wildman–Crippen LogP) is 3.15. The van der Waals surface area contributed by atoms with Gasteiger partial charge >= 0.3 is 0 Å². The van der Waals surface area contributed by atoms with Crippen LogP contribution < -0.4 is 16.8 Å². The summed E-state index contributed by atoms with van der Waals surface area (Å²) in [5, 5.41) is 6.34. The zero-order chi connectivity index (χ0) is 15.1. The predicted molar refractivity (Wildman–Crippen MR) is 86.9 cm³/mol. The minimum absolute atomic E-state index is 0.749. The minimum atomic E-state index is 0.749. The Hall–Kier alpha value is -2.89. The monoisotopic (exact) mass is 290 g/mol. The van der Waals surface area contributed by atoms with E-state index in [9.17, 15) is 0 Å². The number of aromatic nitrogens is 1. The van der Waals surface area contributed by atoms with Crippen molar-refractivity contribution in [1.29, 1.82) is 0 Å². The number of nitrogens with two attached hydrogens (primary N) is 2. The van der Waals surface area contributed by atoms with Crippen molar-refractivity contribution in [2.75, 3.05) is 5.12 Å². The van der Waals surface area contributed by atoms with Gasteiger partial charge in [-0.1, -0.05) is 35.5 Å². The van der Waals surface area contributed by atoms with Gasteiger partial charge in [0, 0.05) is 10.9 Å². The van der Waals surface area contributed by atoms with E-state index in [1.54, 1.807) is 0 Å². The van der Waals surface area contributed by atoms with E-state index in [-0.39, 0.29) is 0 Å². The first kappa shape index (κ1) is 12.8. The number of hydrazine groups is 2. The number of para-hydroxylation sites is 1. The van der Waals surface area contributed by atoms with Gasteiger partial charge < -0.3 is 4.52 Å². The van der Waals surface area contributed by atoms with Crippen molar-refractivity contribution >= 4 is 16.7 Å². The zero-order valence-electron chi connectivity index (χ0n) is 11.7. The van der Waals surface area contributed by atoms with Crippen LogP contribution in [0.15, 0.2) is 65.2 Å².